The van der Waals surface area contributed by atoms with E-state index in [-0.39, 0.29) is 23.8 Å². The van der Waals surface area contributed by atoms with Crippen molar-refractivity contribution in [2.45, 2.75) is 31.7 Å². The number of rotatable bonds is 8. The monoisotopic (exact) mass is 381 g/mol. The number of thioether (sulfide) groups is 1. The summed E-state index contributed by atoms with van der Waals surface area (Å²) in [6, 6.07) is 7.32. The van der Waals surface area contributed by atoms with E-state index in [2.05, 4.69) is 10.4 Å². The van der Waals surface area contributed by atoms with E-state index in [1.54, 1.807) is 17.7 Å². The molecular formula is C17H20ClN3O3S. The average molecular weight is 382 g/mol. The number of hydrogen-bond donors (Lipinski definition) is 1. The van der Waals surface area contributed by atoms with Gasteiger partial charge in [-0.25, -0.2) is 9.48 Å². The van der Waals surface area contributed by atoms with Crippen molar-refractivity contribution in [3.8, 4) is 0 Å². The van der Waals surface area contributed by atoms with Gasteiger partial charge in [-0.1, -0.05) is 30.7 Å². The van der Waals surface area contributed by atoms with Crippen molar-refractivity contribution in [1.82, 2.24) is 9.78 Å². The van der Waals surface area contributed by atoms with Crippen molar-refractivity contribution < 1.29 is 14.3 Å². The summed E-state index contributed by atoms with van der Waals surface area (Å²) in [4.78, 5) is 25.2. The van der Waals surface area contributed by atoms with Gasteiger partial charge in [0.05, 0.1) is 23.6 Å². The Labute approximate surface area is 155 Å². The molecule has 134 valence electrons. The molecule has 0 saturated carbocycles. The second-order valence-corrected chi connectivity index (χ2v) is 6.54. The Balaban J connectivity index is 2.09. The van der Waals surface area contributed by atoms with E-state index in [0.29, 0.717) is 17.4 Å². The van der Waals surface area contributed by atoms with Crippen LogP contribution in [-0.2, 0) is 16.1 Å². The van der Waals surface area contributed by atoms with E-state index < -0.39 is 5.97 Å². The molecule has 0 aliphatic rings. The van der Waals surface area contributed by atoms with Crippen LogP contribution in [0.3, 0.4) is 0 Å². The second kappa shape index (κ2) is 9.48. The molecule has 1 aromatic carbocycles. The quantitative estimate of drug-likeness (QED) is 0.555. The highest BCUT2D eigenvalue weighted by molar-refractivity contribution is 8.00. The van der Waals surface area contributed by atoms with Crippen LogP contribution in [0.4, 0.5) is 5.82 Å². The van der Waals surface area contributed by atoms with Crippen LogP contribution in [0.2, 0.25) is 5.02 Å². The van der Waals surface area contributed by atoms with Crippen molar-refractivity contribution in [3.05, 3.63) is 41.0 Å². The molecular weight excluding hydrogens is 362 g/mol. The lowest BCUT2D eigenvalue weighted by molar-refractivity contribution is -0.113. The summed E-state index contributed by atoms with van der Waals surface area (Å²) in [5, 5.41) is 7.54. The fourth-order valence-corrected chi connectivity index (χ4v) is 3.17. The molecule has 0 spiro atoms. The highest BCUT2D eigenvalue weighted by atomic mass is 35.5. The Kier molecular flexibility index (Phi) is 7.33. The van der Waals surface area contributed by atoms with Gasteiger partial charge < -0.3 is 10.1 Å². The SMILES string of the molecule is CCCn1ncc(C(=O)OCC)c1NC(=O)CSc1ccccc1Cl. The van der Waals surface area contributed by atoms with Gasteiger partial charge in [-0.2, -0.15) is 5.10 Å². The number of esters is 1. The highest BCUT2D eigenvalue weighted by Crippen LogP contribution is 2.27. The molecule has 1 heterocycles. The summed E-state index contributed by atoms with van der Waals surface area (Å²) in [6.07, 6.45) is 2.24. The maximum absolute atomic E-state index is 12.3. The number of aromatic nitrogens is 2. The Morgan fingerprint density at radius 2 is 2.08 bits per heavy atom. The van der Waals surface area contributed by atoms with Gasteiger partial charge in [-0.05, 0) is 25.5 Å². The first-order valence-corrected chi connectivity index (χ1v) is 9.33. The van der Waals surface area contributed by atoms with E-state index in [1.807, 2.05) is 25.1 Å². The first-order chi connectivity index (χ1) is 12.1. The molecule has 0 radical (unpaired) electrons. The second-order valence-electron chi connectivity index (χ2n) is 5.12. The minimum absolute atomic E-state index is 0.170. The molecule has 0 atom stereocenters. The molecule has 0 aliphatic heterocycles. The summed E-state index contributed by atoms with van der Waals surface area (Å²) in [7, 11) is 0. The van der Waals surface area contributed by atoms with Crippen LogP contribution in [0.1, 0.15) is 30.6 Å². The first-order valence-electron chi connectivity index (χ1n) is 7.96. The number of halogens is 1. The van der Waals surface area contributed by atoms with Gasteiger partial charge >= 0.3 is 5.97 Å². The molecule has 25 heavy (non-hydrogen) atoms. The van der Waals surface area contributed by atoms with Crippen LogP contribution >= 0.6 is 23.4 Å². The summed E-state index contributed by atoms with van der Waals surface area (Å²) in [6.45, 7) is 4.57. The van der Waals surface area contributed by atoms with Crippen LogP contribution in [0.15, 0.2) is 35.4 Å². The molecule has 2 aromatic rings. The molecule has 0 bridgehead atoms. The Bertz CT molecular complexity index is 748. The van der Waals surface area contributed by atoms with Gasteiger partial charge in [0.1, 0.15) is 11.4 Å². The number of hydrogen-bond acceptors (Lipinski definition) is 5. The normalized spacial score (nSPS) is 10.5. The minimum atomic E-state index is -0.501. The minimum Gasteiger partial charge on any atom is -0.462 e. The van der Waals surface area contributed by atoms with Crippen molar-refractivity contribution in [2.24, 2.45) is 0 Å². The number of benzene rings is 1. The van der Waals surface area contributed by atoms with Crippen molar-refractivity contribution in [1.29, 1.82) is 0 Å². The van der Waals surface area contributed by atoms with E-state index in [0.717, 1.165) is 11.3 Å². The average Bonchev–Trinajstić information content (AvgIpc) is 2.97. The fraction of sp³-hybridized carbons (Fsp3) is 0.353. The standard InChI is InChI=1S/C17H20ClN3O3S/c1-3-9-21-16(12(10-19-21)17(23)24-4-2)20-15(22)11-25-14-8-6-5-7-13(14)18/h5-8,10H,3-4,9,11H2,1-2H3,(H,20,22). The molecule has 0 unspecified atom stereocenters. The fourth-order valence-electron chi connectivity index (χ4n) is 2.13. The number of amides is 1. The summed E-state index contributed by atoms with van der Waals surface area (Å²) < 4.78 is 6.62. The lowest BCUT2D eigenvalue weighted by Crippen LogP contribution is -2.20. The smallest absolute Gasteiger partial charge is 0.343 e. The number of carbonyl (C=O) groups excluding carboxylic acids is 2. The molecule has 0 saturated heterocycles. The number of nitrogens with one attached hydrogen (secondary N) is 1. The van der Waals surface area contributed by atoms with E-state index in [9.17, 15) is 9.59 Å². The first kappa shape index (κ1) is 19.3. The molecule has 1 aromatic heterocycles. The van der Waals surface area contributed by atoms with Crippen LogP contribution < -0.4 is 5.32 Å². The van der Waals surface area contributed by atoms with Gasteiger partial charge in [0.15, 0.2) is 0 Å². The largest absolute Gasteiger partial charge is 0.462 e. The number of aryl methyl sites for hydroxylation is 1. The number of nitrogens with zero attached hydrogens (tertiary/aromatic N) is 2. The predicted molar refractivity (Wildman–Crippen MR) is 99.3 cm³/mol. The molecule has 0 fully saturated rings. The van der Waals surface area contributed by atoms with Gasteiger partial charge in [-0.15, -0.1) is 11.8 Å². The zero-order chi connectivity index (χ0) is 18.2. The lowest BCUT2D eigenvalue weighted by atomic mass is 10.3. The number of anilines is 1. The maximum Gasteiger partial charge on any atom is 0.343 e. The summed E-state index contributed by atoms with van der Waals surface area (Å²) in [5.74, 6) is -0.208. The zero-order valence-electron chi connectivity index (χ0n) is 14.1. The third-order valence-corrected chi connectivity index (χ3v) is 4.74. The van der Waals surface area contributed by atoms with Gasteiger partial charge in [0.2, 0.25) is 5.91 Å². The van der Waals surface area contributed by atoms with Crippen LogP contribution in [0.5, 0.6) is 0 Å². The molecule has 1 N–H and O–H groups in total. The van der Waals surface area contributed by atoms with Crippen molar-refractivity contribution >= 4 is 41.1 Å². The summed E-state index contributed by atoms with van der Waals surface area (Å²) in [5.41, 5.74) is 0.256. The Morgan fingerprint density at radius 3 is 2.76 bits per heavy atom. The molecule has 8 heteroatoms. The van der Waals surface area contributed by atoms with Crippen LogP contribution in [-0.4, -0.2) is 34.0 Å². The molecule has 6 nitrogen and oxygen atoms in total. The van der Waals surface area contributed by atoms with E-state index in [1.165, 1.54) is 18.0 Å². The van der Waals surface area contributed by atoms with Gasteiger partial charge in [0.25, 0.3) is 0 Å². The molecule has 2 rings (SSSR count). The maximum atomic E-state index is 12.3. The van der Waals surface area contributed by atoms with Gasteiger partial charge in [-0.3, -0.25) is 4.79 Å². The van der Waals surface area contributed by atoms with Crippen molar-refractivity contribution in [2.75, 3.05) is 17.7 Å². The lowest BCUT2D eigenvalue weighted by Gasteiger charge is -2.10. The zero-order valence-corrected chi connectivity index (χ0v) is 15.7. The Morgan fingerprint density at radius 1 is 1.32 bits per heavy atom. The predicted octanol–water partition coefficient (Wildman–Crippen LogP) is 3.85. The van der Waals surface area contributed by atoms with Gasteiger partial charge in [0, 0.05) is 11.4 Å². The van der Waals surface area contributed by atoms with Crippen LogP contribution in [0, 0.1) is 0 Å². The van der Waals surface area contributed by atoms with Crippen molar-refractivity contribution in [3.63, 3.8) is 0 Å². The number of carbonyl (C=O) groups is 2. The highest BCUT2D eigenvalue weighted by Gasteiger charge is 2.20. The Hall–Kier alpha value is -1.99. The van der Waals surface area contributed by atoms with Crippen LogP contribution in [0.25, 0.3) is 0 Å². The third kappa shape index (κ3) is 5.24. The topological polar surface area (TPSA) is 73.2 Å². The van der Waals surface area contributed by atoms with E-state index >= 15 is 0 Å². The molecule has 0 aliphatic carbocycles. The molecule has 1 amide bonds. The van der Waals surface area contributed by atoms with E-state index in [4.69, 9.17) is 16.3 Å². The third-order valence-electron chi connectivity index (χ3n) is 3.22. The number of ether oxygens (including phenoxy) is 1. The summed E-state index contributed by atoms with van der Waals surface area (Å²) >= 11 is 7.42.